The number of piperidine rings is 1. The Labute approximate surface area is 355 Å². The number of hydrogen-bond donors (Lipinski definition) is 5. The molecular weight excluding hydrogens is 773 g/mol. The largest absolute Gasteiger partial charge is 0.506 e. The number of anilines is 1. The summed E-state index contributed by atoms with van der Waals surface area (Å²) in [5.41, 5.74) is 5.69. The number of thiazole rings is 1. The van der Waals surface area contributed by atoms with Crippen LogP contribution in [0.3, 0.4) is 0 Å². The molecule has 0 bridgehead atoms. The summed E-state index contributed by atoms with van der Waals surface area (Å²) in [6.07, 6.45) is 6.84. The maximum Gasteiger partial charge on any atom is 0.309 e. The van der Waals surface area contributed by atoms with Gasteiger partial charge in [0.1, 0.15) is 22.5 Å². The smallest absolute Gasteiger partial charge is 0.309 e. The molecule has 1 aromatic heterocycles. The summed E-state index contributed by atoms with van der Waals surface area (Å²) in [6.45, 7) is 16.0. The van der Waals surface area contributed by atoms with E-state index in [1.54, 1.807) is 31.4 Å². The maximum absolute atomic E-state index is 14.9. The van der Waals surface area contributed by atoms with Crippen LogP contribution in [0.4, 0.5) is 5.69 Å². The van der Waals surface area contributed by atoms with E-state index in [9.17, 15) is 34.2 Å². The molecule has 330 valence electrons. The van der Waals surface area contributed by atoms with Gasteiger partial charge in [-0.05, 0) is 89.1 Å². The van der Waals surface area contributed by atoms with Gasteiger partial charge >= 0.3 is 11.9 Å². The van der Waals surface area contributed by atoms with Gasteiger partial charge in [0, 0.05) is 37.4 Å². The van der Waals surface area contributed by atoms with E-state index < -0.39 is 47.5 Å². The lowest BCUT2D eigenvalue weighted by Crippen LogP contribution is -2.59. The number of carbonyl (C=O) groups is 5. The van der Waals surface area contributed by atoms with Gasteiger partial charge in [-0.3, -0.25) is 28.9 Å². The number of nitrogen functional groups attached to an aromatic ring is 1. The number of benzene rings is 1. The first-order chi connectivity index (χ1) is 27.8. The third-order valence-electron chi connectivity index (χ3n) is 11.6. The number of phenols is 1. The predicted octanol–water partition coefficient (Wildman–Crippen LogP) is 6.72. The number of unbranched alkanes of at least 4 members (excludes halogenated alkanes) is 3. The van der Waals surface area contributed by atoms with Gasteiger partial charge in [0.2, 0.25) is 11.8 Å². The monoisotopic (exact) mass is 842 g/mol. The van der Waals surface area contributed by atoms with Gasteiger partial charge in [-0.2, -0.15) is 0 Å². The molecular formula is C44H70N6O8S. The van der Waals surface area contributed by atoms with Crippen molar-refractivity contribution in [2.45, 2.75) is 156 Å². The fourth-order valence-electron chi connectivity index (χ4n) is 7.74. The van der Waals surface area contributed by atoms with Crippen molar-refractivity contribution in [3.05, 3.63) is 39.8 Å². The number of amides is 3. The van der Waals surface area contributed by atoms with Crippen molar-refractivity contribution in [3.8, 4) is 5.75 Å². The number of likely N-dealkylation sites (N-methyl/N-ethyl adjacent to an activating group) is 1. The van der Waals surface area contributed by atoms with Crippen LogP contribution in [0.5, 0.6) is 5.75 Å². The van der Waals surface area contributed by atoms with Crippen LogP contribution in [-0.2, 0) is 30.3 Å². The second kappa shape index (κ2) is 22.9. The minimum Gasteiger partial charge on any atom is -0.506 e. The molecule has 1 aliphatic rings. The molecule has 6 N–H and O–H groups in total. The van der Waals surface area contributed by atoms with Gasteiger partial charge in [-0.1, -0.05) is 72.8 Å². The summed E-state index contributed by atoms with van der Waals surface area (Å²) in [7, 11) is 1.95. The molecule has 2 aromatic rings. The molecule has 1 aromatic carbocycles. The lowest BCUT2D eigenvalue weighted by atomic mass is 9.84. The molecule has 6 atom stereocenters. The Hall–Kier alpha value is -4.24. The summed E-state index contributed by atoms with van der Waals surface area (Å²) in [6, 6.07) is 2.63. The fourth-order valence-corrected chi connectivity index (χ4v) is 8.58. The molecule has 0 radical (unpaired) electrons. The van der Waals surface area contributed by atoms with Gasteiger partial charge in [-0.15, -0.1) is 11.3 Å². The highest BCUT2D eigenvalue weighted by Crippen LogP contribution is 2.33. The number of likely N-dealkylation sites (tertiary alicyclic amines) is 1. The number of rotatable bonds is 23. The first-order valence-electron chi connectivity index (χ1n) is 21.3. The number of carbonyl (C=O) groups excluding carboxylic acids is 4. The Balaban J connectivity index is 1.95. The standard InChI is InChI=1S/C44H70N6O8S/c1-10-12-13-15-21-50(42(55)38(28(5)11-2)48-40(54)34-17-14-16-20-49(34)9)35(27(3)4)24-37(58-29(6)51)41-47-33(26-59-41)39(53)46-31(25-44(7,8)43(56)57)22-30-18-19-36(52)32(45)23-30/h18-19,23,26-28,31,34-35,37-38,52H,10-17,20-22,24-25,45H2,1-9H3,(H,46,53)(H,48,54)(H,56,57)/t28-,31-,34+,35+,37+,38-/m0/s1. The van der Waals surface area contributed by atoms with Crippen LogP contribution < -0.4 is 16.4 Å². The summed E-state index contributed by atoms with van der Waals surface area (Å²) < 4.78 is 5.91. The quantitative estimate of drug-likeness (QED) is 0.0344. The van der Waals surface area contributed by atoms with Crippen molar-refractivity contribution in [2.24, 2.45) is 17.3 Å². The zero-order valence-electron chi connectivity index (χ0n) is 36.7. The van der Waals surface area contributed by atoms with Crippen LogP contribution in [0.2, 0.25) is 0 Å². The molecule has 3 rings (SSSR count). The van der Waals surface area contributed by atoms with E-state index in [-0.39, 0.29) is 66.1 Å². The SMILES string of the molecule is CCCCCCN(C(=O)[C@@H](NC(=O)[C@H]1CCCCN1C)[C@@H](C)CC)[C@H](C[C@@H](OC(C)=O)c1nc(C(=O)N[C@@H](Cc2ccc(O)c(N)c2)CC(C)(C)C(=O)O)cs1)C(C)C. The molecule has 0 aliphatic carbocycles. The predicted molar refractivity (Wildman–Crippen MR) is 231 cm³/mol. The number of ether oxygens (including phenoxy) is 1. The van der Waals surface area contributed by atoms with Crippen molar-refractivity contribution in [2.75, 3.05) is 25.9 Å². The number of aromatic hydroxyl groups is 1. The van der Waals surface area contributed by atoms with E-state index in [2.05, 4.69) is 27.4 Å². The maximum atomic E-state index is 14.9. The number of aliphatic carboxylic acids is 1. The Kier molecular flexibility index (Phi) is 19.1. The second-order valence-electron chi connectivity index (χ2n) is 17.3. The van der Waals surface area contributed by atoms with Gasteiger partial charge in [0.25, 0.3) is 5.91 Å². The van der Waals surface area contributed by atoms with E-state index in [1.165, 1.54) is 24.3 Å². The van der Waals surface area contributed by atoms with Crippen LogP contribution in [-0.4, -0.2) is 99.0 Å². The zero-order valence-corrected chi connectivity index (χ0v) is 37.5. The average Bonchev–Trinajstić information content (AvgIpc) is 3.67. The van der Waals surface area contributed by atoms with E-state index in [4.69, 9.17) is 10.5 Å². The number of carboxylic acid groups (broad SMARTS) is 1. The van der Waals surface area contributed by atoms with Crippen LogP contribution in [0.15, 0.2) is 23.6 Å². The Bertz CT molecular complexity index is 1720. The molecule has 0 saturated carbocycles. The lowest BCUT2D eigenvalue weighted by Gasteiger charge is -2.40. The van der Waals surface area contributed by atoms with Crippen LogP contribution >= 0.6 is 11.3 Å². The number of hydrogen-bond acceptors (Lipinski definition) is 11. The highest BCUT2D eigenvalue weighted by atomic mass is 32.1. The number of nitrogens with one attached hydrogen (secondary N) is 2. The second-order valence-corrected chi connectivity index (χ2v) is 18.2. The van der Waals surface area contributed by atoms with Crippen LogP contribution in [0.1, 0.15) is 147 Å². The minimum atomic E-state index is -1.18. The molecule has 2 heterocycles. The molecule has 15 heteroatoms. The Morgan fingerprint density at radius 1 is 1.08 bits per heavy atom. The Morgan fingerprint density at radius 3 is 2.39 bits per heavy atom. The summed E-state index contributed by atoms with van der Waals surface area (Å²) in [5, 5.41) is 27.9. The highest BCUT2D eigenvalue weighted by molar-refractivity contribution is 7.09. The third kappa shape index (κ3) is 14.5. The lowest BCUT2D eigenvalue weighted by molar-refractivity contribution is -0.150. The number of nitrogens with zero attached hydrogens (tertiary/aromatic N) is 3. The molecule has 0 unspecified atom stereocenters. The first-order valence-corrected chi connectivity index (χ1v) is 22.2. The van der Waals surface area contributed by atoms with Crippen molar-refractivity contribution >= 4 is 46.7 Å². The summed E-state index contributed by atoms with van der Waals surface area (Å²) >= 11 is 1.17. The first kappa shape index (κ1) is 49.1. The van der Waals surface area contributed by atoms with Gasteiger partial charge in [0.15, 0.2) is 6.10 Å². The Morgan fingerprint density at radius 2 is 1.80 bits per heavy atom. The summed E-state index contributed by atoms with van der Waals surface area (Å²) in [4.78, 5) is 75.7. The van der Waals surface area contributed by atoms with Crippen molar-refractivity contribution < 1.29 is 38.9 Å². The molecule has 59 heavy (non-hydrogen) atoms. The van der Waals surface area contributed by atoms with Gasteiger partial charge in [0.05, 0.1) is 17.1 Å². The highest BCUT2D eigenvalue weighted by Gasteiger charge is 2.39. The number of carboxylic acids is 1. The summed E-state index contributed by atoms with van der Waals surface area (Å²) in [5.74, 6) is -2.66. The molecule has 14 nitrogen and oxygen atoms in total. The average molecular weight is 843 g/mol. The van der Waals surface area contributed by atoms with E-state index in [1.807, 2.05) is 39.6 Å². The number of aromatic nitrogens is 1. The van der Waals surface area contributed by atoms with Crippen molar-refractivity contribution in [1.82, 2.24) is 25.4 Å². The minimum absolute atomic E-state index is 0.0732. The van der Waals surface area contributed by atoms with Crippen LogP contribution in [0, 0.1) is 17.3 Å². The number of nitrogens with two attached hydrogens (primary N) is 1. The van der Waals surface area contributed by atoms with E-state index in [0.29, 0.717) is 23.5 Å². The van der Waals surface area contributed by atoms with Crippen LogP contribution in [0.25, 0.3) is 0 Å². The third-order valence-corrected chi connectivity index (χ3v) is 12.5. The number of phenolic OH excluding ortho intramolecular Hbond substituents is 1. The van der Waals surface area contributed by atoms with Crippen molar-refractivity contribution in [3.63, 3.8) is 0 Å². The van der Waals surface area contributed by atoms with Gasteiger partial charge in [-0.25, -0.2) is 4.98 Å². The van der Waals surface area contributed by atoms with Gasteiger partial charge < -0.3 is 36.2 Å². The normalized spacial score (nSPS) is 17.4. The number of esters is 1. The fraction of sp³-hybridized carbons (Fsp3) is 0.682. The zero-order chi connectivity index (χ0) is 44.0. The van der Waals surface area contributed by atoms with E-state index in [0.717, 1.165) is 51.5 Å². The molecule has 1 aliphatic heterocycles. The molecule has 1 saturated heterocycles. The molecule has 0 spiro atoms. The van der Waals surface area contributed by atoms with Crippen molar-refractivity contribution in [1.29, 1.82) is 0 Å². The molecule has 3 amide bonds. The van der Waals surface area contributed by atoms with E-state index >= 15 is 0 Å². The topological polar surface area (TPSA) is 204 Å². The molecule has 1 fully saturated rings.